The lowest BCUT2D eigenvalue weighted by Crippen LogP contribution is -2.50. The molecule has 36 heavy (non-hydrogen) atoms. The second-order valence-electron chi connectivity index (χ2n) is 8.50. The van der Waals surface area contributed by atoms with E-state index in [1.807, 2.05) is 18.2 Å². The number of rotatable bonds is 4. The average molecular weight is 490 g/mol. The van der Waals surface area contributed by atoms with Crippen LogP contribution in [0.15, 0.2) is 84.9 Å². The van der Waals surface area contributed by atoms with Crippen molar-refractivity contribution in [2.75, 3.05) is 5.32 Å². The zero-order valence-electron chi connectivity index (χ0n) is 19.1. The van der Waals surface area contributed by atoms with Gasteiger partial charge in [0.1, 0.15) is 11.9 Å². The summed E-state index contributed by atoms with van der Waals surface area (Å²) in [6.07, 6.45) is -4.57. The molecule has 5 rings (SSSR count). The molecule has 2 atom stereocenters. The third-order valence-corrected chi connectivity index (χ3v) is 6.17. The number of fused-ring (bicyclic) bond motifs is 1. The molecule has 2 amide bonds. The summed E-state index contributed by atoms with van der Waals surface area (Å²) in [4.78, 5) is 26.4. The molecule has 0 fully saturated rings. The van der Waals surface area contributed by atoms with Crippen LogP contribution in [0.2, 0.25) is 0 Å². The largest absolute Gasteiger partial charge is 0.416 e. The molecule has 1 aliphatic heterocycles. The Kier molecular flexibility index (Phi) is 5.83. The van der Waals surface area contributed by atoms with Crippen molar-refractivity contribution >= 4 is 17.6 Å². The van der Waals surface area contributed by atoms with E-state index in [1.165, 1.54) is 12.1 Å². The minimum absolute atomic E-state index is 0.245. The number of amides is 2. The highest BCUT2D eigenvalue weighted by Gasteiger charge is 2.42. The van der Waals surface area contributed by atoms with E-state index < -0.39 is 35.5 Å². The van der Waals surface area contributed by atoms with Crippen LogP contribution in [0.4, 0.5) is 19.0 Å². The van der Waals surface area contributed by atoms with Crippen molar-refractivity contribution in [1.82, 2.24) is 15.1 Å². The van der Waals surface area contributed by atoms with Gasteiger partial charge >= 0.3 is 6.18 Å². The molecule has 1 aliphatic rings. The molecule has 2 heterocycles. The van der Waals surface area contributed by atoms with Crippen LogP contribution in [0.1, 0.15) is 38.7 Å². The van der Waals surface area contributed by atoms with Crippen molar-refractivity contribution in [2.45, 2.75) is 25.1 Å². The number of nitrogens with one attached hydrogen (secondary N) is 2. The fourth-order valence-electron chi connectivity index (χ4n) is 4.53. The normalized spacial score (nSPS) is 17.3. The molecule has 0 spiro atoms. The number of nitrogens with zero attached hydrogens (tertiary/aromatic N) is 2. The number of alkyl halides is 3. The molecular formula is C27H21F3N4O2. The third kappa shape index (κ3) is 4.24. The highest BCUT2D eigenvalue weighted by atomic mass is 19.4. The van der Waals surface area contributed by atoms with E-state index in [-0.39, 0.29) is 5.56 Å². The monoisotopic (exact) mass is 490 g/mol. The molecule has 182 valence electrons. The summed E-state index contributed by atoms with van der Waals surface area (Å²) in [6, 6.07) is 21.1. The number of anilines is 1. The van der Waals surface area contributed by atoms with Gasteiger partial charge in [0.2, 0.25) is 5.91 Å². The van der Waals surface area contributed by atoms with Crippen molar-refractivity contribution in [3.05, 3.63) is 113 Å². The van der Waals surface area contributed by atoms with Crippen LogP contribution in [0.25, 0.3) is 5.69 Å². The topological polar surface area (TPSA) is 76.0 Å². The first-order valence-electron chi connectivity index (χ1n) is 11.2. The number of hydrogen-bond acceptors (Lipinski definition) is 3. The number of benzene rings is 3. The summed E-state index contributed by atoms with van der Waals surface area (Å²) in [7, 11) is 0. The second kappa shape index (κ2) is 8.99. The van der Waals surface area contributed by atoms with Crippen molar-refractivity contribution < 1.29 is 22.8 Å². The van der Waals surface area contributed by atoms with Gasteiger partial charge in [0.15, 0.2) is 0 Å². The van der Waals surface area contributed by atoms with Crippen molar-refractivity contribution in [3.63, 3.8) is 0 Å². The van der Waals surface area contributed by atoms with E-state index >= 15 is 0 Å². The van der Waals surface area contributed by atoms with Crippen LogP contribution >= 0.6 is 0 Å². The van der Waals surface area contributed by atoms with E-state index in [0.29, 0.717) is 28.3 Å². The number of aromatic nitrogens is 2. The van der Waals surface area contributed by atoms with Gasteiger partial charge in [-0.25, -0.2) is 4.68 Å². The summed E-state index contributed by atoms with van der Waals surface area (Å²) in [6.45, 7) is 1.73. The van der Waals surface area contributed by atoms with Crippen molar-refractivity contribution in [3.8, 4) is 5.69 Å². The maximum Gasteiger partial charge on any atom is 0.416 e. The van der Waals surface area contributed by atoms with Crippen LogP contribution in [0.5, 0.6) is 0 Å². The summed E-state index contributed by atoms with van der Waals surface area (Å²) < 4.78 is 42.3. The van der Waals surface area contributed by atoms with E-state index in [2.05, 4.69) is 15.7 Å². The summed E-state index contributed by atoms with van der Waals surface area (Å²) in [5, 5.41) is 10.1. The van der Waals surface area contributed by atoms with Crippen LogP contribution < -0.4 is 10.6 Å². The molecular weight excluding hydrogens is 469 g/mol. The smallest absolute Gasteiger partial charge is 0.339 e. The number of aryl methyl sites for hydroxylation is 1. The Labute approximate surface area is 204 Å². The predicted octanol–water partition coefficient (Wildman–Crippen LogP) is 5.08. The number of carbonyl (C=O) groups is 2. The zero-order valence-corrected chi connectivity index (χ0v) is 19.1. The standard InChI is InChI=1S/C27H21F3N4O2/c1-16-21-22(18-11-8-12-19(15-18)27(28,29)30)23(31-25(35)17-9-4-2-5-10-17)26(36)32-24(21)34(33-16)20-13-6-3-7-14-20/h2-15,22-23H,1H3,(H,31,35)(H,32,36)/t22-,23+/m1/s1. The van der Waals surface area contributed by atoms with Crippen LogP contribution in [-0.2, 0) is 11.0 Å². The molecule has 0 radical (unpaired) electrons. The number of hydrogen-bond donors (Lipinski definition) is 2. The fourth-order valence-corrected chi connectivity index (χ4v) is 4.53. The maximum absolute atomic E-state index is 13.6. The summed E-state index contributed by atoms with van der Waals surface area (Å²) >= 11 is 0. The average Bonchev–Trinajstić information content (AvgIpc) is 3.20. The Balaban J connectivity index is 1.66. The molecule has 2 N–H and O–H groups in total. The quantitative estimate of drug-likeness (QED) is 0.419. The minimum Gasteiger partial charge on any atom is -0.339 e. The highest BCUT2D eigenvalue weighted by Crippen LogP contribution is 2.42. The molecule has 0 unspecified atom stereocenters. The van der Waals surface area contributed by atoms with Gasteiger partial charge in [-0.3, -0.25) is 9.59 Å². The number of halogens is 3. The molecule has 6 nitrogen and oxygen atoms in total. The van der Waals surface area contributed by atoms with Gasteiger partial charge in [-0.05, 0) is 42.8 Å². The maximum atomic E-state index is 13.6. The first-order valence-corrected chi connectivity index (χ1v) is 11.2. The van der Waals surface area contributed by atoms with Crippen molar-refractivity contribution in [2.24, 2.45) is 0 Å². The Bertz CT molecular complexity index is 1430. The third-order valence-electron chi connectivity index (χ3n) is 6.17. The molecule has 0 aliphatic carbocycles. The van der Waals surface area contributed by atoms with Gasteiger partial charge in [-0.15, -0.1) is 0 Å². The first kappa shape index (κ1) is 23.3. The number of carbonyl (C=O) groups excluding carboxylic acids is 2. The van der Waals surface area contributed by atoms with Gasteiger partial charge in [-0.1, -0.05) is 54.6 Å². The number of para-hydroxylation sites is 1. The Hall–Kier alpha value is -4.40. The lowest BCUT2D eigenvalue weighted by molar-refractivity contribution is -0.137. The predicted molar refractivity (Wildman–Crippen MR) is 128 cm³/mol. The Morgan fingerprint density at radius 2 is 1.64 bits per heavy atom. The van der Waals surface area contributed by atoms with E-state index in [0.717, 1.165) is 12.1 Å². The van der Waals surface area contributed by atoms with Gasteiger partial charge in [0.05, 0.1) is 16.9 Å². The molecule has 4 aromatic rings. The minimum atomic E-state index is -4.57. The fraction of sp³-hybridized carbons (Fsp3) is 0.148. The second-order valence-corrected chi connectivity index (χ2v) is 8.50. The van der Waals surface area contributed by atoms with Crippen LogP contribution in [0, 0.1) is 6.92 Å². The first-order chi connectivity index (χ1) is 17.2. The van der Waals surface area contributed by atoms with Crippen molar-refractivity contribution in [1.29, 1.82) is 0 Å². The van der Waals surface area contributed by atoms with Gasteiger partial charge in [0, 0.05) is 17.0 Å². The van der Waals surface area contributed by atoms with Crippen LogP contribution in [-0.4, -0.2) is 27.6 Å². The van der Waals surface area contributed by atoms with Gasteiger partial charge in [-0.2, -0.15) is 18.3 Å². The lowest BCUT2D eigenvalue weighted by Gasteiger charge is -2.33. The highest BCUT2D eigenvalue weighted by molar-refractivity contribution is 6.04. The summed E-state index contributed by atoms with van der Waals surface area (Å²) in [5.41, 5.74) is 1.47. The SMILES string of the molecule is Cc1nn(-c2ccccc2)c2c1[C@@H](c1cccc(C(F)(F)F)c1)[C@H](NC(=O)c1ccccc1)C(=O)N2. The van der Waals surface area contributed by atoms with Crippen LogP contribution in [0.3, 0.4) is 0 Å². The molecule has 1 aromatic heterocycles. The molecule has 0 saturated heterocycles. The van der Waals surface area contributed by atoms with Gasteiger partial charge in [0.25, 0.3) is 5.91 Å². The molecule has 9 heteroatoms. The van der Waals surface area contributed by atoms with E-state index in [4.69, 9.17) is 0 Å². The lowest BCUT2D eigenvalue weighted by atomic mass is 9.81. The molecule has 0 bridgehead atoms. The molecule has 0 saturated carbocycles. The Morgan fingerprint density at radius 1 is 0.972 bits per heavy atom. The van der Waals surface area contributed by atoms with E-state index in [1.54, 1.807) is 54.1 Å². The molecule has 3 aromatic carbocycles. The van der Waals surface area contributed by atoms with Gasteiger partial charge < -0.3 is 10.6 Å². The van der Waals surface area contributed by atoms with E-state index in [9.17, 15) is 22.8 Å². The summed E-state index contributed by atoms with van der Waals surface area (Å²) in [5.74, 6) is -1.60. The zero-order chi connectivity index (χ0) is 25.4. The Morgan fingerprint density at radius 3 is 2.31 bits per heavy atom.